The molecule has 1 N–H and O–H groups in total. The number of carbonyl (C=O) groups is 2. The average Bonchev–Trinajstić information content (AvgIpc) is 3.24. The highest BCUT2D eigenvalue weighted by Crippen LogP contribution is 2.31. The lowest BCUT2D eigenvalue weighted by Crippen LogP contribution is -2.54. The maximum Gasteiger partial charge on any atom is 0.270 e. The molecule has 0 aliphatic carbocycles. The van der Waals surface area contributed by atoms with E-state index >= 15 is 0 Å². The number of thiocarbonyl (C=S) groups is 1. The first-order valence-corrected chi connectivity index (χ1v) is 10.8. The number of amides is 2. The summed E-state index contributed by atoms with van der Waals surface area (Å²) in [6.07, 6.45) is 3.45. The van der Waals surface area contributed by atoms with Gasteiger partial charge in [0.1, 0.15) is 11.4 Å². The molecule has 2 aromatic rings. The van der Waals surface area contributed by atoms with Gasteiger partial charge in [-0.1, -0.05) is 23.2 Å². The largest absolute Gasteiger partial charge is 0.369 e. The summed E-state index contributed by atoms with van der Waals surface area (Å²) in [5.74, 6) is -1.66. The van der Waals surface area contributed by atoms with Crippen LogP contribution in [0.1, 0.15) is 24.0 Å². The summed E-state index contributed by atoms with van der Waals surface area (Å²) in [5, 5.41) is 3.00. The van der Waals surface area contributed by atoms with E-state index in [1.54, 1.807) is 12.1 Å². The molecule has 5 nitrogen and oxygen atoms in total. The second kappa shape index (κ2) is 8.57. The molecular weight excluding hydrogens is 460 g/mol. The molecular formula is C22H18Cl2FN3O2S. The predicted molar refractivity (Wildman–Crippen MR) is 125 cm³/mol. The van der Waals surface area contributed by atoms with Gasteiger partial charge in [-0.3, -0.25) is 19.8 Å². The summed E-state index contributed by atoms with van der Waals surface area (Å²) in [7, 11) is 0. The Balaban J connectivity index is 1.71. The third-order valence-corrected chi connectivity index (χ3v) is 6.37. The van der Waals surface area contributed by atoms with E-state index in [1.165, 1.54) is 24.3 Å². The van der Waals surface area contributed by atoms with Crippen molar-refractivity contribution in [1.29, 1.82) is 0 Å². The van der Waals surface area contributed by atoms with Crippen molar-refractivity contribution in [2.24, 2.45) is 0 Å². The molecule has 2 heterocycles. The van der Waals surface area contributed by atoms with Crippen molar-refractivity contribution in [3.05, 3.63) is 62.9 Å². The van der Waals surface area contributed by atoms with Gasteiger partial charge < -0.3 is 4.90 Å². The SMILES string of the molecule is Cc1cc(N2CCCC2)c(F)cc1C=C1C(=O)NC(=S)N(c2ccc(Cl)c(Cl)c2)C1=O. The van der Waals surface area contributed by atoms with E-state index in [9.17, 15) is 14.0 Å². The zero-order chi connectivity index (χ0) is 22.3. The molecule has 2 aromatic carbocycles. The molecule has 2 saturated heterocycles. The number of halogens is 3. The highest BCUT2D eigenvalue weighted by Gasteiger charge is 2.35. The van der Waals surface area contributed by atoms with Crippen LogP contribution < -0.4 is 15.1 Å². The van der Waals surface area contributed by atoms with Gasteiger partial charge in [-0.2, -0.15) is 0 Å². The molecule has 0 bridgehead atoms. The van der Waals surface area contributed by atoms with Crippen LogP contribution in [0.25, 0.3) is 6.08 Å². The van der Waals surface area contributed by atoms with Crippen molar-refractivity contribution in [3.63, 3.8) is 0 Å². The monoisotopic (exact) mass is 477 g/mol. The number of hydrogen-bond donors (Lipinski definition) is 1. The van der Waals surface area contributed by atoms with E-state index in [1.807, 2.05) is 11.8 Å². The van der Waals surface area contributed by atoms with Gasteiger partial charge in [0.05, 0.1) is 21.4 Å². The number of carbonyl (C=O) groups excluding carboxylic acids is 2. The molecule has 2 fully saturated rings. The molecule has 2 aliphatic heterocycles. The molecule has 4 rings (SSSR count). The fourth-order valence-electron chi connectivity index (χ4n) is 3.71. The van der Waals surface area contributed by atoms with E-state index in [0.29, 0.717) is 22.0 Å². The van der Waals surface area contributed by atoms with Crippen LogP contribution in [0.3, 0.4) is 0 Å². The fourth-order valence-corrected chi connectivity index (χ4v) is 4.28. The number of nitrogens with one attached hydrogen (secondary N) is 1. The summed E-state index contributed by atoms with van der Waals surface area (Å²) in [6.45, 7) is 3.44. The van der Waals surface area contributed by atoms with Crippen LogP contribution in [0.15, 0.2) is 35.9 Å². The lowest BCUT2D eigenvalue weighted by atomic mass is 10.0. The summed E-state index contributed by atoms with van der Waals surface area (Å²) >= 11 is 17.2. The summed E-state index contributed by atoms with van der Waals surface area (Å²) in [6, 6.07) is 7.69. The van der Waals surface area contributed by atoms with Crippen LogP contribution in [0.2, 0.25) is 10.0 Å². The van der Waals surface area contributed by atoms with Crippen LogP contribution in [-0.2, 0) is 9.59 Å². The molecule has 0 unspecified atom stereocenters. The van der Waals surface area contributed by atoms with Crippen molar-refractivity contribution in [2.45, 2.75) is 19.8 Å². The Bertz CT molecular complexity index is 1150. The molecule has 9 heteroatoms. The van der Waals surface area contributed by atoms with E-state index < -0.39 is 11.8 Å². The number of aryl methyl sites for hydroxylation is 1. The molecule has 0 radical (unpaired) electrons. The summed E-state index contributed by atoms with van der Waals surface area (Å²) in [5.41, 5.74) is 1.94. The number of hydrogen-bond acceptors (Lipinski definition) is 4. The van der Waals surface area contributed by atoms with Gasteiger partial charge in [-0.25, -0.2) is 4.39 Å². The molecule has 0 atom stereocenters. The highest BCUT2D eigenvalue weighted by molar-refractivity contribution is 7.80. The molecule has 2 aliphatic rings. The Labute approximate surface area is 194 Å². The van der Waals surface area contributed by atoms with Gasteiger partial charge in [0.2, 0.25) is 0 Å². The molecule has 31 heavy (non-hydrogen) atoms. The maximum atomic E-state index is 14.8. The standard InChI is InChI=1S/C22H18Cl2FN3O2S/c1-12-8-19(27-6-2-3-7-27)18(25)10-13(12)9-15-20(29)26-22(31)28(21(15)30)14-4-5-16(23)17(24)11-14/h4-5,8-11H,2-3,6-7H2,1H3,(H,26,29,31). The molecule has 2 amide bonds. The van der Waals surface area contributed by atoms with Crippen LogP contribution in [-0.4, -0.2) is 30.0 Å². The Kier molecular flexibility index (Phi) is 6.01. The quantitative estimate of drug-likeness (QED) is 0.389. The molecule has 0 aromatic heterocycles. The number of benzene rings is 2. The lowest BCUT2D eigenvalue weighted by Gasteiger charge is -2.29. The van der Waals surface area contributed by atoms with Gasteiger partial charge >= 0.3 is 0 Å². The van der Waals surface area contributed by atoms with Crippen molar-refractivity contribution in [3.8, 4) is 0 Å². The van der Waals surface area contributed by atoms with Crippen LogP contribution in [0.5, 0.6) is 0 Å². The van der Waals surface area contributed by atoms with E-state index in [4.69, 9.17) is 35.4 Å². The second-order valence-electron chi connectivity index (χ2n) is 7.41. The van der Waals surface area contributed by atoms with E-state index in [-0.39, 0.29) is 21.5 Å². The zero-order valence-corrected chi connectivity index (χ0v) is 18.9. The third-order valence-electron chi connectivity index (χ3n) is 5.35. The van der Waals surface area contributed by atoms with Crippen molar-refractivity contribution < 1.29 is 14.0 Å². The average molecular weight is 478 g/mol. The Morgan fingerprint density at radius 3 is 2.48 bits per heavy atom. The van der Waals surface area contributed by atoms with Gasteiger partial charge in [0.25, 0.3) is 11.8 Å². The normalized spacial score (nSPS) is 18.2. The summed E-state index contributed by atoms with van der Waals surface area (Å²) < 4.78 is 14.8. The molecule has 0 saturated carbocycles. The van der Waals surface area contributed by atoms with Crippen LogP contribution in [0, 0.1) is 12.7 Å². The minimum absolute atomic E-state index is 0.0715. The van der Waals surface area contributed by atoms with Gasteiger partial charge in [0, 0.05) is 13.1 Å². The number of nitrogens with zero attached hydrogens (tertiary/aromatic N) is 2. The highest BCUT2D eigenvalue weighted by atomic mass is 35.5. The first-order valence-electron chi connectivity index (χ1n) is 9.68. The Hall–Kier alpha value is -2.48. The van der Waals surface area contributed by atoms with Gasteiger partial charge in [-0.15, -0.1) is 0 Å². The van der Waals surface area contributed by atoms with Crippen LogP contribution in [0.4, 0.5) is 15.8 Å². The lowest BCUT2D eigenvalue weighted by molar-refractivity contribution is -0.122. The minimum Gasteiger partial charge on any atom is -0.369 e. The van der Waals surface area contributed by atoms with Crippen molar-refractivity contribution >= 4 is 69.8 Å². The Morgan fingerprint density at radius 2 is 1.81 bits per heavy atom. The topological polar surface area (TPSA) is 52.7 Å². The van der Waals surface area contributed by atoms with Gasteiger partial charge in [-0.05, 0) is 79.5 Å². The second-order valence-corrected chi connectivity index (χ2v) is 8.61. The zero-order valence-electron chi connectivity index (χ0n) is 16.5. The fraction of sp³-hybridized carbons (Fsp3) is 0.227. The van der Waals surface area contributed by atoms with E-state index in [2.05, 4.69) is 5.32 Å². The van der Waals surface area contributed by atoms with Gasteiger partial charge in [0.15, 0.2) is 5.11 Å². The van der Waals surface area contributed by atoms with Crippen molar-refractivity contribution in [2.75, 3.05) is 22.9 Å². The van der Waals surface area contributed by atoms with Crippen LogP contribution >= 0.6 is 35.4 Å². The first kappa shape index (κ1) is 21.7. The summed E-state index contributed by atoms with van der Waals surface area (Å²) in [4.78, 5) is 28.8. The van der Waals surface area contributed by atoms with E-state index in [0.717, 1.165) is 36.4 Å². The minimum atomic E-state index is -0.644. The predicted octanol–water partition coefficient (Wildman–Crippen LogP) is 4.87. The number of anilines is 2. The smallest absolute Gasteiger partial charge is 0.270 e. The number of rotatable bonds is 3. The first-order chi connectivity index (χ1) is 14.8. The van der Waals surface area contributed by atoms with Crippen molar-refractivity contribution in [1.82, 2.24) is 5.32 Å². The Morgan fingerprint density at radius 1 is 1.10 bits per heavy atom. The molecule has 160 valence electrons. The maximum absolute atomic E-state index is 14.8. The third kappa shape index (κ3) is 4.18. The molecule has 0 spiro atoms.